The summed E-state index contributed by atoms with van der Waals surface area (Å²) in [6.07, 6.45) is 4.00. The van der Waals surface area contributed by atoms with Crippen molar-refractivity contribution >= 4 is 5.69 Å². The largest absolute Gasteiger partial charge is 0.379 e. The summed E-state index contributed by atoms with van der Waals surface area (Å²) in [5, 5.41) is 7.45. The lowest BCUT2D eigenvalue weighted by Gasteiger charge is -2.12. The van der Waals surface area contributed by atoms with Gasteiger partial charge in [0.25, 0.3) is 0 Å². The topological polar surface area (TPSA) is 29.9 Å². The number of nitrogens with one attached hydrogen (secondary N) is 1. The predicted octanol–water partition coefficient (Wildman–Crippen LogP) is 4.13. The third-order valence-electron chi connectivity index (χ3n) is 3.32. The van der Waals surface area contributed by atoms with Gasteiger partial charge < -0.3 is 5.32 Å². The molecule has 5 heteroatoms. The number of hydrogen-bond acceptors (Lipinski definition) is 2. The quantitative estimate of drug-likeness (QED) is 0.861. The Labute approximate surface area is 117 Å². The summed E-state index contributed by atoms with van der Waals surface area (Å²) in [5.41, 5.74) is 1.26. The Kier molecular flexibility index (Phi) is 4.71. The molecular weight excluding hydrogens is 260 g/mol. The van der Waals surface area contributed by atoms with Crippen molar-refractivity contribution in [1.82, 2.24) is 9.78 Å². The molecule has 0 bridgehead atoms. The van der Waals surface area contributed by atoms with E-state index in [4.69, 9.17) is 0 Å². The number of benzene rings is 1. The van der Waals surface area contributed by atoms with Gasteiger partial charge in [0.15, 0.2) is 0 Å². The molecule has 0 amide bonds. The van der Waals surface area contributed by atoms with Gasteiger partial charge in [0, 0.05) is 18.0 Å². The molecule has 0 aliphatic carbocycles. The van der Waals surface area contributed by atoms with Crippen LogP contribution in [0, 0.1) is 11.6 Å². The van der Waals surface area contributed by atoms with Crippen LogP contribution in [0.25, 0.3) is 0 Å². The number of hydrogen-bond donors (Lipinski definition) is 1. The Morgan fingerprint density at radius 1 is 1.15 bits per heavy atom. The van der Waals surface area contributed by atoms with E-state index in [1.807, 2.05) is 16.9 Å². The van der Waals surface area contributed by atoms with Crippen LogP contribution in [-0.2, 0) is 6.54 Å². The second kappa shape index (κ2) is 6.50. The van der Waals surface area contributed by atoms with Crippen molar-refractivity contribution < 1.29 is 8.78 Å². The van der Waals surface area contributed by atoms with Gasteiger partial charge in [-0.3, -0.25) is 4.68 Å². The Balaban J connectivity index is 2.00. The maximum atomic E-state index is 13.1. The molecule has 0 spiro atoms. The second-order valence-corrected chi connectivity index (χ2v) is 4.77. The average molecular weight is 279 g/mol. The Hall–Kier alpha value is -1.91. The lowest BCUT2D eigenvalue weighted by atomic mass is 10.2. The highest BCUT2D eigenvalue weighted by molar-refractivity contribution is 5.43. The first kappa shape index (κ1) is 14.5. The second-order valence-electron chi connectivity index (χ2n) is 4.77. The molecule has 20 heavy (non-hydrogen) atoms. The van der Waals surface area contributed by atoms with Gasteiger partial charge >= 0.3 is 0 Å². The minimum absolute atomic E-state index is 0.398. The minimum atomic E-state index is -0.588. The van der Waals surface area contributed by atoms with Crippen molar-refractivity contribution in [2.24, 2.45) is 0 Å². The number of anilines is 1. The van der Waals surface area contributed by atoms with Gasteiger partial charge in [0.1, 0.15) is 11.6 Å². The van der Waals surface area contributed by atoms with Crippen LogP contribution in [0.15, 0.2) is 30.5 Å². The standard InChI is InChI=1S/C15H19F2N3/c1-3-15(4-2)20-6-5-13(19-20)10-18-14-8-11(16)7-12(17)9-14/h5-9,15,18H,3-4,10H2,1-2H3. The average Bonchev–Trinajstić information content (AvgIpc) is 2.86. The zero-order valence-corrected chi connectivity index (χ0v) is 11.7. The molecule has 2 aromatic rings. The zero-order chi connectivity index (χ0) is 14.5. The van der Waals surface area contributed by atoms with Crippen LogP contribution in [-0.4, -0.2) is 9.78 Å². The lowest BCUT2D eigenvalue weighted by Crippen LogP contribution is -2.09. The van der Waals surface area contributed by atoms with Crippen molar-refractivity contribution in [2.45, 2.75) is 39.3 Å². The van der Waals surface area contributed by atoms with Gasteiger partial charge in [-0.25, -0.2) is 8.78 Å². The van der Waals surface area contributed by atoms with Crippen LogP contribution < -0.4 is 5.32 Å². The van der Waals surface area contributed by atoms with E-state index < -0.39 is 11.6 Å². The maximum Gasteiger partial charge on any atom is 0.128 e. The summed E-state index contributed by atoms with van der Waals surface area (Å²) in [6.45, 7) is 4.70. The molecule has 2 rings (SSSR count). The summed E-state index contributed by atoms with van der Waals surface area (Å²) in [4.78, 5) is 0. The Bertz CT molecular complexity index is 542. The Morgan fingerprint density at radius 2 is 1.80 bits per heavy atom. The van der Waals surface area contributed by atoms with E-state index in [9.17, 15) is 8.78 Å². The smallest absolute Gasteiger partial charge is 0.128 e. The highest BCUT2D eigenvalue weighted by Gasteiger charge is 2.08. The fourth-order valence-electron chi connectivity index (χ4n) is 2.19. The minimum Gasteiger partial charge on any atom is -0.379 e. The van der Waals surface area contributed by atoms with Crippen molar-refractivity contribution in [3.8, 4) is 0 Å². The van der Waals surface area contributed by atoms with E-state index in [2.05, 4.69) is 24.3 Å². The van der Waals surface area contributed by atoms with Gasteiger partial charge in [-0.15, -0.1) is 0 Å². The van der Waals surface area contributed by atoms with E-state index in [0.29, 0.717) is 18.3 Å². The van der Waals surface area contributed by atoms with Crippen LogP contribution in [0.4, 0.5) is 14.5 Å². The maximum absolute atomic E-state index is 13.1. The van der Waals surface area contributed by atoms with E-state index in [0.717, 1.165) is 24.6 Å². The number of rotatable bonds is 6. The molecule has 0 aliphatic heterocycles. The molecule has 0 atom stereocenters. The number of halogens is 2. The molecule has 1 heterocycles. The molecule has 1 aromatic carbocycles. The van der Waals surface area contributed by atoms with E-state index >= 15 is 0 Å². The highest BCUT2D eigenvalue weighted by atomic mass is 19.1. The molecule has 3 nitrogen and oxygen atoms in total. The van der Waals surface area contributed by atoms with Gasteiger partial charge in [0.2, 0.25) is 0 Å². The summed E-state index contributed by atoms with van der Waals surface area (Å²) in [5.74, 6) is -1.18. The lowest BCUT2D eigenvalue weighted by molar-refractivity contribution is 0.426. The first-order valence-corrected chi connectivity index (χ1v) is 6.86. The van der Waals surface area contributed by atoms with Gasteiger partial charge in [0.05, 0.1) is 18.3 Å². The third kappa shape index (κ3) is 3.56. The summed E-state index contributed by atoms with van der Waals surface area (Å²) in [7, 11) is 0. The van der Waals surface area contributed by atoms with Crippen LogP contribution in [0.3, 0.4) is 0 Å². The summed E-state index contributed by atoms with van der Waals surface area (Å²) < 4.78 is 28.1. The highest BCUT2D eigenvalue weighted by Crippen LogP contribution is 2.16. The van der Waals surface area contributed by atoms with E-state index in [1.54, 1.807) is 0 Å². The monoisotopic (exact) mass is 279 g/mol. The zero-order valence-electron chi connectivity index (χ0n) is 11.7. The molecule has 1 N–H and O–H groups in total. The molecule has 0 radical (unpaired) electrons. The van der Waals surface area contributed by atoms with Crippen LogP contribution in [0.5, 0.6) is 0 Å². The third-order valence-corrected chi connectivity index (χ3v) is 3.32. The van der Waals surface area contributed by atoms with Crippen LogP contribution >= 0.6 is 0 Å². The SMILES string of the molecule is CCC(CC)n1ccc(CNc2cc(F)cc(F)c2)n1. The summed E-state index contributed by atoms with van der Waals surface area (Å²) in [6, 6.07) is 5.70. The van der Waals surface area contributed by atoms with Crippen molar-refractivity contribution in [3.63, 3.8) is 0 Å². The normalized spacial score (nSPS) is 11.1. The van der Waals surface area contributed by atoms with Gasteiger partial charge in [-0.1, -0.05) is 13.8 Å². The van der Waals surface area contributed by atoms with Crippen molar-refractivity contribution in [2.75, 3.05) is 5.32 Å². The predicted molar refractivity (Wildman–Crippen MR) is 75.5 cm³/mol. The molecular formula is C15H19F2N3. The molecule has 108 valence electrons. The van der Waals surface area contributed by atoms with E-state index in [-0.39, 0.29) is 0 Å². The van der Waals surface area contributed by atoms with E-state index in [1.165, 1.54) is 12.1 Å². The van der Waals surface area contributed by atoms with Crippen molar-refractivity contribution in [3.05, 3.63) is 47.8 Å². The first-order valence-electron chi connectivity index (χ1n) is 6.86. The molecule has 0 saturated carbocycles. The summed E-state index contributed by atoms with van der Waals surface area (Å²) >= 11 is 0. The molecule has 0 saturated heterocycles. The van der Waals surface area contributed by atoms with Crippen LogP contribution in [0.2, 0.25) is 0 Å². The molecule has 0 unspecified atom stereocenters. The first-order chi connectivity index (χ1) is 9.62. The molecule has 1 aromatic heterocycles. The Morgan fingerprint density at radius 3 is 2.40 bits per heavy atom. The number of nitrogens with zero attached hydrogens (tertiary/aromatic N) is 2. The van der Waals surface area contributed by atoms with Gasteiger partial charge in [-0.05, 0) is 31.0 Å². The number of aromatic nitrogens is 2. The molecule has 0 fully saturated rings. The fourth-order valence-corrected chi connectivity index (χ4v) is 2.19. The fraction of sp³-hybridized carbons (Fsp3) is 0.400. The van der Waals surface area contributed by atoms with Crippen molar-refractivity contribution in [1.29, 1.82) is 0 Å². The van der Waals surface area contributed by atoms with Crippen LogP contribution in [0.1, 0.15) is 38.4 Å². The van der Waals surface area contributed by atoms with Gasteiger partial charge in [-0.2, -0.15) is 5.10 Å². The molecule has 0 aliphatic rings.